The zero-order valence-electron chi connectivity index (χ0n) is 19.4. The Labute approximate surface area is 195 Å². The molecule has 0 spiro atoms. The number of piperazine rings is 1. The van der Waals surface area contributed by atoms with Crippen LogP contribution >= 0.6 is 0 Å². The van der Waals surface area contributed by atoms with Gasteiger partial charge in [-0.15, -0.1) is 0 Å². The molecule has 1 unspecified atom stereocenters. The van der Waals surface area contributed by atoms with Crippen LogP contribution in [0.2, 0.25) is 0 Å². The van der Waals surface area contributed by atoms with Crippen molar-refractivity contribution in [2.24, 2.45) is 5.73 Å². The molecule has 2 heterocycles. The smallest absolute Gasteiger partial charge is 0.162 e. The fraction of sp³-hybridized carbons (Fsp3) is 0.440. The lowest BCUT2D eigenvalue weighted by Gasteiger charge is -2.34. The molecule has 2 aliphatic rings. The summed E-state index contributed by atoms with van der Waals surface area (Å²) in [6.45, 7) is 8.78. The minimum atomic E-state index is -0.859. The Kier molecular flexibility index (Phi) is 7.71. The summed E-state index contributed by atoms with van der Waals surface area (Å²) in [5.41, 5.74) is 7.75. The molecule has 1 saturated heterocycles. The van der Waals surface area contributed by atoms with E-state index in [1.807, 2.05) is 31.9 Å². The molecular formula is C25H30N7O-. The number of ether oxygens (including phenoxy) is 1. The molecule has 1 aromatic rings. The van der Waals surface area contributed by atoms with Gasteiger partial charge in [-0.3, -0.25) is 0 Å². The van der Waals surface area contributed by atoms with Crippen LogP contribution in [0.25, 0.3) is 5.41 Å². The van der Waals surface area contributed by atoms with Gasteiger partial charge in [0.2, 0.25) is 0 Å². The minimum Gasteiger partial charge on any atom is -0.762 e. The fourth-order valence-corrected chi connectivity index (χ4v) is 4.12. The first-order valence-electron chi connectivity index (χ1n) is 11.0. The van der Waals surface area contributed by atoms with Gasteiger partial charge in [0.1, 0.15) is 28.9 Å². The summed E-state index contributed by atoms with van der Waals surface area (Å²) in [6, 6.07) is 12.2. The number of hydrogen-bond donors (Lipinski definition) is 2. The molecule has 0 bridgehead atoms. The van der Waals surface area contributed by atoms with Gasteiger partial charge in [0.05, 0.1) is 6.04 Å². The maximum atomic E-state index is 9.83. The zero-order valence-corrected chi connectivity index (χ0v) is 19.4. The first-order valence-corrected chi connectivity index (χ1v) is 11.0. The summed E-state index contributed by atoms with van der Waals surface area (Å²) in [5.74, 6) is 1.87. The molecule has 3 N–H and O–H groups in total. The molecule has 8 heteroatoms. The van der Waals surface area contributed by atoms with Crippen molar-refractivity contribution >= 4 is 11.6 Å². The maximum absolute atomic E-state index is 9.83. The molecule has 1 aromatic carbocycles. The third kappa shape index (κ3) is 5.34. The van der Waals surface area contributed by atoms with Gasteiger partial charge in [-0.25, -0.2) is 5.87 Å². The maximum Gasteiger partial charge on any atom is 0.162 e. The summed E-state index contributed by atoms with van der Waals surface area (Å²) in [4.78, 5) is 4.70. The Bertz CT molecular complexity index is 1060. The zero-order chi connectivity index (χ0) is 24.0. The number of hydrogen-bond acceptors (Lipinski definition) is 7. The molecule has 0 amide bonds. The Morgan fingerprint density at radius 2 is 1.91 bits per heavy atom. The van der Waals surface area contributed by atoms with Gasteiger partial charge in [0.25, 0.3) is 0 Å². The summed E-state index contributed by atoms with van der Waals surface area (Å²) >= 11 is 0. The second-order valence-electron chi connectivity index (χ2n) is 8.71. The number of nitriles is 2. The van der Waals surface area contributed by atoms with E-state index >= 15 is 0 Å². The number of nitrogens with zero attached hydrogens (tertiary/aromatic N) is 5. The normalized spacial score (nSPS) is 20.1. The molecule has 0 radical (unpaired) electrons. The Hall–Kier alpha value is -3.39. The largest absolute Gasteiger partial charge is 0.762 e. The van der Waals surface area contributed by atoms with Crippen LogP contribution in [0.5, 0.6) is 0 Å². The molecule has 1 atom stereocenters. The Morgan fingerprint density at radius 3 is 2.45 bits per heavy atom. The molecule has 0 aliphatic carbocycles. The standard InChI is InChI=1S/C25H30N7O/c1-25(2)22(21(17-29)24(33-25)19(15-27)16-28)14-23(30-9-8-26)18-4-6-20(7-5-18)32-12-10-31(3)11-13-32/h4-7,14,23,30H,8-13,26H2,1-3H3/q-1/b22-14+. The van der Waals surface area contributed by atoms with Gasteiger partial charge >= 0.3 is 0 Å². The molecule has 172 valence electrons. The number of likely N-dealkylation sites (N-methyl/N-ethyl adjacent to an activating group) is 1. The number of benzene rings is 1. The number of nitrogens with two attached hydrogens (primary N) is 1. The molecule has 33 heavy (non-hydrogen) atoms. The highest BCUT2D eigenvalue weighted by Gasteiger charge is 2.40. The summed E-state index contributed by atoms with van der Waals surface area (Å²) in [7, 11) is 2.14. The quantitative estimate of drug-likeness (QED) is 0.488. The average Bonchev–Trinajstić information content (AvgIpc) is 3.07. The second-order valence-corrected chi connectivity index (χ2v) is 8.71. The Balaban J connectivity index is 1.96. The van der Waals surface area contributed by atoms with Crippen LogP contribution in [0.4, 0.5) is 5.69 Å². The molecule has 8 nitrogen and oxygen atoms in total. The van der Waals surface area contributed by atoms with Crippen molar-refractivity contribution in [3.05, 3.63) is 63.8 Å². The number of anilines is 1. The predicted octanol–water partition coefficient (Wildman–Crippen LogP) is 2.23. The van der Waals surface area contributed by atoms with Gasteiger partial charge in [0, 0.05) is 50.5 Å². The average molecular weight is 445 g/mol. The van der Waals surface area contributed by atoms with E-state index in [-0.39, 0.29) is 22.9 Å². The summed E-state index contributed by atoms with van der Waals surface area (Å²) < 4.78 is 5.90. The van der Waals surface area contributed by atoms with Gasteiger partial charge in [-0.05, 0) is 38.6 Å². The lowest BCUT2D eigenvalue weighted by Crippen LogP contribution is -2.44. The van der Waals surface area contributed by atoms with Crippen molar-refractivity contribution < 1.29 is 4.74 Å². The molecule has 0 aromatic heterocycles. The van der Waals surface area contributed by atoms with Crippen LogP contribution < -0.4 is 16.0 Å². The lowest BCUT2D eigenvalue weighted by molar-refractivity contribution is 0.0949. The van der Waals surface area contributed by atoms with E-state index in [9.17, 15) is 15.9 Å². The van der Waals surface area contributed by atoms with E-state index < -0.39 is 5.60 Å². The number of rotatable bonds is 7. The number of nitrogens with one attached hydrogen (secondary N) is 1. The van der Waals surface area contributed by atoms with E-state index in [2.05, 4.69) is 52.5 Å². The van der Waals surface area contributed by atoms with Gasteiger partial charge in [0.15, 0.2) is 5.76 Å². The summed E-state index contributed by atoms with van der Waals surface area (Å²) in [5, 5.41) is 31.8. The van der Waals surface area contributed by atoms with Crippen molar-refractivity contribution in [3.8, 4) is 12.1 Å². The van der Waals surface area contributed by atoms with Crippen molar-refractivity contribution in [3.63, 3.8) is 0 Å². The van der Waals surface area contributed by atoms with E-state index in [4.69, 9.17) is 10.5 Å². The SMILES string of the molecule is CN1CCN(c2ccc(C(/C=C3\C(C#N)=C(C(=C=[N-])C#N)OC3(C)C)NCCN)cc2)CC1. The van der Waals surface area contributed by atoms with Crippen LogP contribution in [0.1, 0.15) is 25.5 Å². The van der Waals surface area contributed by atoms with Crippen LogP contribution in [-0.2, 0) is 4.74 Å². The third-order valence-corrected chi connectivity index (χ3v) is 6.03. The highest BCUT2D eigenvalue weighted by Crippen LogP contribution is 2.42. The molecule has 0 saturated carbocycles. The first-order chi connectivity index (χ1) is 15.8. The first kappa shape index (κ1) is 24.3. The minimum absolute atomic E-state index is 0.0433. The fourth-order valence-electron chi connectivity index (χ4n) is 4.12. The number of allylic oxidation sites excluding steroid dienone is 1. The monoisotopic (exact) mass is 444 g/mol. The predicted molar refractivity (Wildman–Crippen MR) is 129 cm³/mol. The molecule has 2 aliphatic heterocycles. The van der Waals surface area contributed by atoms with Crippen LogP contribution in [0, 0.1) is 22.7 Å². The van der Waals surface area contributed by atoms with Gasteiger partial charge in [-0.2, -0.15) is 10.5 Å². The summed E-state index contributed by atoms with van der Waals surface area (Å²) in [6.07, 6.45) is 1.94. The lowest BCUT2D eigenvalue weighted by atomic mass is 9.90. The molecule has 3 rings (SSSR count). The second kappa shape index (κ2) is 10.5. The highest BCUT2D eigenvalue weighted by atomic mass is 16.5. The topological polar surface area (TPSA) is 124 Å². The van der Waals surface area contributed by atoms with Crippen molar-refractivity contribution in [2.45, 2.75) is 25.5 Å². The van der Waals surface area contributed by atoms with E-state index in [0.29, 0.717) is 18.7 Å². The molecule has 1 fully saturated rings. The van der Waals surface area contributed by atoms with E-state index in [1.165, 1.54) is 5.69 Å². The van der Waals surface area contributed by atoms with Crippen molar-refractivity contribution in [1.29, 1.82) is 10.5 Å². The van der Waals surface area contributed by atoms with Crippen LogP contribution in [0.15, 0.2) is 52.8 Å². The van der Waals surface area contributed by atoms with E-state index in [0.717, 1.165) is 31.7 Å². The third-order valence-electron chi connectivity index (χ3n) is 6.03. The van der Waals surface area contributed by atoms with E-state index in [1.54, 1.807) is 0 Å². The van der Waals surface area contributed by atoms with Crippen LogP contribution in [-0.4, -0.2) is 62.7 Å². The van der Waals surface area contributed by atoms with Crippen molar-refractivity contribution in [2.75, 3.05) is 51.2 Å². The Morgan fingerprint density at radius 1 is 1.24 bits per heavy atom. The molecular weight excluding hydrogens is 414 g/mol. The van der Waals surface area contributed by atoms with Gasteiger partial charge < -0.3 is 31.0 Å². The van der Waals surface area contributed by atoms with Crippen molar-refractivity contribution in [1.82, 2.24) is 10.2 Å². The highest BCUT2D eigenvalue weighted by molar-refractivity contribution is 5.75. The van der Waals surface area contributed by atoms with Gasteiger partial charge in [-0.1, -0.05) is 18.2 Å². The van der Waals surface area contributed by atoms with Crippen LogP contribution in [0.3, 0.4) is 0 Å².